The Balaban J connectivity index is 1.13. The van der Waals surface area contributed by atoms with Gasteiger partial charge in [-0.2, -0.15) is 0 Å². The van der Waals surface area contributed by atoms with Gasteiger partial charge in [0.1, 0.15) is 11.9 Å². The molecule has 1 saturated heterocycles. The monoisotopic (exact) mass is 490 g/mol. The number of thioether (sulfide) groups is 1. The molecule has 9 heteroatoms. The number of pyridine rings is 1. The molecule has 1 fully saturated rings. The third kappa shape index (κ3) is 5.41. The summed E-state index contributed by atoms with van der Waals surface area (Å²) in [6.07, 6.45) is 1.93. The summed E-state index contributed by atoms with van der Waals surface area (Å²) in [5, 5.41) is 6.26. The first-order valence-corrected chi connectivity index (χ1v) is 12.4. The molecule has 2 aliphatic heterocycles. The molecule has 0 spiro atoms. The zero-order valence-electron chi connectivity index (χ0n) is 19.3. The first-order chi connectivity index (χ1) is 17.1. The summed E-state index contributed by atoms with van der Waals surface area (Å²) < 4.78 is 10.9. The van der Waals surface area contributed by atoms with Crippen molar-refractivity contribution in [3.63, 3.8) is 0 Å². The number of anilines is 2. The minimum Gasteiger partial charge on any atom is -0.497 e. The standard InChI is InChI=1S/C26H26N4O4S/c1-33-21-4-2-3-17(12-21)18-7-10-28-19(11-18)14-27-9-8-22-15-30(26(32)34-22)20-5-6-24-23(13-20)29-25(31)16-35-24/h2-7,10-13,22,27H,8-9,14-16H2,1H3,(H,29,31)/t22-/m1/s1. The van der Waals surface area contributed by atoms with Gasteiger partial charge in [-0.05, 0) is 66.6 Å². The number of nitrogens with zero attached hydrogens (tertiary/aromatic N) is 2. The van der Waals surface area contributed by atoms with Crippen LogP contribution in [0.4, 0.5) is 16.2 Å². The lowest BCUT2D eigenvalue weighted by Crippen LogP contribution is -2.26. The highest BCUT2D eigenvalue weighted by Crippen LogP contribution is 2.35. The number of ether oxygens (including phenoxy) is 2. The van der Waals surface area contributed by atoms with Gasteiger partial charge >= 0.3 is 6.09 Å². The fraction of sp³-hybridized carbons (Fsp3) is 0.269. The van der Waals surface area contributed by atoms with Crippen molar-refractivity contribution in [3.05, 3.63) is 66.5 Å². The van der Waals surface area contributed by atoms with Crippen molar-refractivity contribution in [1.82, 2.24) is 10.3 Å². The minimum atomic E-state index is -0.364. The maximum Gasteiger partial charge on any atom is 0.414 e. The van der Waals surface area contributed by atoms with E-state index < -0.39 is 0 Å². The van der Waals surface area contributed by atoms with E-state index in [2.05, 4.69) is 21.7 Å². The van der Waals surface area contributed by atoms with Crippen LogP contribution in [-0.4, -0.2) is 49.0 Å². The third-order valence-corrected chi connectivity index (χ3v) is 7.02. The molecule has 5 rings (SSSR count). The number of rotatable bonds is 8. The largest absolute Gasteiger partial charge is 0.497 e. The molecule has 2 amide bonds. The molecule has 0 radical (unpaired) electrons. The Hall–Kier alpha value is -3.56. The Morgan fingerprint density at radius 2 is 2.06 bits per heavy atom. The number of aromatic nitrogens is 1. The SMILES string of the molecule is COc1cccc(-c2ccnc(CNCC[C@@H]3CN(c4ccc5c(c4)NC(=O)CS5)C(=O)O3)c2)c1. The molecule has 2 aliphatic rings. The van der Waals surface area contributed by atoms with Crippen LogP contribution in [0.1, 0.15) is 12.1 Å². The van der Waals surface area contributed by atoms with Crippen molar-refractivity contribution in [2.75, 3.05) is 36.2 Å². The van der Waals surface area contributed by atoms with Crippen molar-refractivity contribution >= 4 is 35.1 Å². The molecule has 0 aliphatic carbocycles. The van der Waals surface area contributed by atoms with Crippen LogP contribution in [0.15, 0.2) is 65.7 Å². The number of benzene rings is 2. The van der Waals surface area contributed by atoms with E-state index in [1.54, 1.807) is 12.0 Å². The fourth-order valence-corrected chi connectivity index (χ4v) is 4.95. The van der Waals surface area contributed by atoms with E-state index in [0.29, 0.717) is 31.8 Å². The summed E-state index contributed by atoms with van der Waals surface area (Å²) in [6, 6.07) is 17.6. The molecule has 1 aromatic heterocycles. The van der Waals surface area contributed by atoms with Crippen LogP contribution in [0.2, 0.25) is 0 Å². The lowest BCUT2D eigenvalue weighted by Gasteiger charge is -2.20. The van der Waals surface area contributed by atoms with E-state index in [-0.39, 0.29) is 18.1 Å². The summed E-state index contributed by atoms with van der Waals surface area (Å²) >= 11 is 1.50. The summed E-state index contributed by atoms with van der Waals surface area (Å²) in [5.74, 6) is 1.20. The highest BCUT2D eigenvalue weighted by molar-refractivity contribution is 8.00. The van der Waals surface area contributed by atoms with Crippen molar-refractivity contribution in [3.8, 4) is 16.9 Å². The predicted molar refractivity (Wildman–Crippen MR) is 136 cm³/mol. The van der Waals surface area contributed by atoms with Crippen molar-refractivity contribution < 1.29 is 19.1 Å². The minimum absolute atomic E-state index is 0.0314. The van der Waals surface area contributed by atoms with Gasteiger partial charge in [0, 0.05) is 23.3 Å². The van der Waals surface area contributed by atoms with Crippen LogP contribution in [0.3, 0.4) is 0 Å². The van der Waals surface area contributed by atoms with E-state index in [9.17, 15) is 9.59 Å². The first kappa shape index (κ1) is 23.2. The Bertz CT molecular complexity index is 1250. The summed E-state index contributed by atoms with van der Waals surface area (Å²) in [4.78, 5) is 31.2. The Labute approximate surface area is 208 Å². The number of carbonyl (C=O) groups excluding carboxylic acids is 2. The second-order valence-electron chi connectivity index (χ2n) is 8.37. The number of methoxy groups -OCH3 is 1. The zero-order valence-corrected chi connectivity index (χ0v) is 20.1. The molecule has 0 saturated carbocycles. The second-order valence-corrected chi connectivity index (χ2v) is 9.38. The van der Waals surface area contributed by atoms with Crippen molar-refractivity contribution in [1.29, 1.82) is 0 Å². The van der Waals surface area contributed by atoms with Crippen LogP contribution in [-0.2, 0) is 16.1 Å². The predicted octanol–water partition coefficient (Wildman–Crippen LogP) is 4.31. The van der Waals surface area contributed by atoms with Crippen molar-refractivity contribution in [2.24, 2.45) is 0 Å². The maximum atomic E-state index is 12.5. The number of cyclic esters (lactones) is 1. The molecule has 2 N–H and O–H groups in total. The average molecular weight is 491 g/mol. The highest BCUT2D eigenvalue weighted by Gasteiger charge is 2.32. The van der Waals surface area contributed by atoms with E-state index in [4.69, 9.17) is 9.47 Å². The fourth-order valence-electron chi connectivity index (χ4n) is 4.16. The van der Waals surface area contributed by atoms with E-state index in [1.165, 1.54) is 11.8 Å². The van der Waals surface area contributed by atoms with Crippen LogP contribution >= 0.6 is 11.8 Å². The lowest BCUT2D eigenvalue weighted by atomic mass is 10.1. The number of fused-ring (bicyclic) bond motifs is 1. The Kier molecular flexibility index (Phi) is 6.87. The van der Waals surface area contributed by atoms with E-state index in [0.717, 1.165) is 38.8 Å². The third-order valence-electron chi connectivity index (χ3n) is 5.95. The lowest BCUT2D eigenvalue weighted by molar-refractivity contribution is -0.113. The van der Waals surface area contributed by atoms with Crippen LogP contribution in [0, 0.1) is 0 Å². The number of nitrogens with one attached hydrogen (secondary N) is 2. The number of amides is 2. The second kappa shape index (κ2) is 10.4. The Morgan fingerprint density at radius 1 is 1.17 bits per heavy atom. The molecule has 1 atom stereocenters. The van der Waals surface area contributed by atoms with Gasteiger partial charge in [0.2, 0.25) is 5.91 Å². The molecule has 35 heavy (non-hydrogen) atoms. The number of hydrogen-bond donors (Lipinski definition) is 2. The molecule has 3 aromatic rings. The van der Waals surface area contributed by atoms with Gasteiger partial charge in [-0.3, -0.25) is 14.7 Å². The first-order valence-electron chi connectivity index (χ1n) is 11.4. The molecular formula is C26H26N4O4S. The van der Waals surface area contributed by atoms with Gasteiger partial charge in [0.25, 0.3) is 0 Å². The van der Waals surface area contributed by atoms with Gasteiger partial charge in [-0.1, -0.05) is 12.1 Å². The quantitative estimate of drug-likeness (QED) is 0.455. The number of carbonyl (C=O) groups is 2. The Morgan fingerprint density at radius 3 is 2.94 bits per heavy atom. The number of hydrogen-bond acceptors (Lipinski definition) is 7. The molecular weight excluding hydrogens is 464 g/mol. The molecule has 180 valence electrons. The average Bonchev–Trinajstić information content (AvgIpc) is 3.26. The van der Waals surface area contributed by atoms with Gasteiger partial charge in [-0.15, -0.1) is 11.8 Å². The van der Waals surface area contributed by atoms with Crippen LogP contribution in [0.5, 0.6) is 5.75 Å². The van der Waals surface area contributed by atoms with Gasteiger partial charge in [0.15, 0.2) is 0 Å². The molecule has 3 heterocycles. The van der Waals surface area contributed by atoms with E-state index in [1.807, 2.05) is 54.7 Å². The topological polar surface area (TPSA) is 92.8 Å². The summed E-state index contributed by atoms with van der Waals surface area (Å²) in [6.45, 7) is 1.78. The van der Waals surface area contributed by atoms with Gasteiger partial charge in [-0.25, -0.2) is 4.79 Å². The smallest absolute Gasteiger partial charge is 0.414 e. The molecule has 0 unspecified atom stereocenters. The molecule has 0 bridgehead atoms. The normalized spacial score (nSPS) is 17.1. The summed E-state index contributed by atoms with van der Waals surface area (Å²) in [5.41, 5.74) is 4.56. The van der Waals surface area contributed by atoms with Gasteiger partial charge < -0.3 is 20.1 Å². The van der Waals surface area contributed by atoms with Crippen LogP contribution < -0.4 is 20.3 Å². The molecule has 2 aromatic carbocycles. The highest BCUT2D eigenvalue weighted by atomic mass is 32.2. The maximum absolute atomic E-state index is 12.5. The van der Waals surface area contributed by atoms with E-state index >= 15 is 0 Å². The van der Waals surface area contributed by atoms with Gasteiger partial charge in [0.05, 0.1) is 30.8 Å². The molecule has 8 nitrogen and oxygen atoms in total. The van der Waals surface area contributed by atoms with Crippen LogP contribution in [0.25, 0.3) is 11.1 Å². The van der Waals surface area contributed by atoms with Crippen molar-refractivity contribution in [2.45, 2.75) is 24.0 Å². The zero-order chi connectivity index (χ0) is 24.2. The summed E-state index contributed by atoms with van der Waals surface area (Å²) in [7, 11) is 1.66.